The zero-order valence-corrected chi connectivity index (χ0v) is 25.8. The van der Waals surface area contributed by atoms with Crippen molar-refractivity contribution in [2.24, 2.45) is 0 Å². The third-order valence-corrected chi connectivity index (χ3v) is 8.41. The second kappa shape index (κ2) is 13.4. The van der Waals surface area contributed by atoms with Gasteiger partial charge in [-0.15, -0.1) is 0 Å². The molecule has 0 aliphatic carbocycles. The number of hydrogen-bond donors (Lipinski definition) is 2. The summed E-state index contributed by atoms with van der Waals surface area (Å²) in [6.07, 6.45) is 1.26. The number of nitrogens with one attached hydrogen (secondary N) is 2. The predicted octanol–water partition coefficient (Wildman–Crippen LogP) is 3.20. The van der Waals surface area contributed by atoms with E-state index in [1.165, 1.54) is 9.47 Å². The highest BCUT2D eigenvalue weighted by Gasteiger charge is 2.26. The first-order valence-corrected chi connectivity index (χ1v) is 15.3. The summed E-state index contributed by atoms with van der Waals surface area (Å²) in [5.41, 5.74) is 4.26. The number of benzene rings is 3. The van der Waals surface area contributed by atoms with Gasteiger partial charge in [0.25, 0.3) is 0 Å². The van der Waals surface area contributed by atoms with Crippen molar-refractivity contribution in [2.45, 2.75) is 38.3 Å². The largest absolute Gasteiger partial charge is 0.493 e. The minimum Gasteiger partial charge on any atom is -0.493 e. The highest BCUT2D eigenvalue weighted by Crippen LogP contribution is 2.42. The van der Waals surface area contributed by atoms with Gasteiger partial charge >= 0.3 is 5.76 Å². The number of oxazole rings is 1. The second-order valence-electron chi connectivity index (χ2n) is 11.3. The Labute approximate surface area is 265 Å². The zero-order chi connectivity index (χ0) is 32.2. The number of methoxy groups -OCH3 is 2. The number of amides is 3. The molecule has 12 nitrogen and oxygen atoms in total. The minimum atomic E-state index is -0.641. The number of fused-ring (bicyclic) bond motifs is 5. The van der Waals surface area contributed by atoms with E-state index in [2.05, 4.69) is 10.6 Å². The third kappa shape index (κ3) is 6.42. The molecule has 0 spiro atoms. The summed E-state index contributed by atoms with van der Waals surface area (Å²) in [5, 5.41) is 6.01. The summed E-state index contributed by atoms with van der Waals surface area (Å²) in [6.45, 7) is 0.623. The number of aryl methyl sites for hydroxylation is 1. The van der Waals surface area contributed by atoms with E-state index in [-0.39, 0.29) is 62.8 Å². The van der Waals surface area contributed by atoms with Crippen LogP contribution in [0, 0.1) is 0 Å². The SMILES string of the molecule is COc1cc2cc(c1OC)-c1ccc3c(c1)C(CCO3)NC(=O)CCN(C(=O)Cn1c(=O)oc3ccccc31)CCNC(=O)CC2. The van der Waals surface area contributed by atoms with Crippen molar-refractivity contribution in [2.75, 3.05) is 40.5 Å². The van der Waals surface area contributed by atoms with Crippen molar-refractivity contribution in [3.05, 3.63) is 76.3 Å². The number of carbonyl (C=O) groups is 3. The number of carbonyl (C=O) groups excluding carboxylic acids is 3. The summed E-state index contributed by atoms with van der Waals surface area (Å²) in [4.78, 5) is 53.7. The normalized spacial score (nSPS) is 17.3. The molecule has 1 unspecified atom stereocenters. The van der Waals surface area contributed by atoms with Crippen LogP contribution in [0.3, 0.4) is 0 Å². The lowest BCUT2D eigenvalue weighted by atomic mass is 9.93. The molecule has 12 heteroatoms. The smallest absolute Gasteiger partial charge is 0.420 e. The fourth-order valence-electron chi connectivity index (χ4n) is 6.03. The fraction of sp³-hybridized carbons (Fsp3) is 0.353. The van der Waals surface area contributed by atoms with Gasteiger partial charge in [-0.05, 0) is 53.9 Å². The zero-order valence-electron chi connectivity index (χ0n) is 25.8. The van der Waals surface area contributed by atoms with Crippen molar-refractivity contribution >= 4 is 28.8 Å². The van der Waals surface area contributed by atoms with E-state index < -0.39 is 5.76 Å². The van der Waals surface area contributed by atoms with Crippen molar-refractivity contribution in [3.8, 4) is 28.4 Å². The second-order valence-corrected chi connectivity index (χ2v) is 11.3. The first kappa shape index (κ1) is 30.8. The predicted molar refractivity (Wildman–Crippen MR) is 169 cm³/mol. The summed E-state index contributed by atoms with van der Waals surface area (Å²) >= 11 is 0. The molecule has 2 N–H and O–H groups in total. The van der Waals surface area contributed by atoms with E-state index in [0.717, 1.165) is 22.3 Å². The maximum Gasteiger partial charge on any atom is 0.420 e. The van der Waals surface area contributed by atoms with Crippen LogP contribution in [-0.2, 0) is 27.3 Å². The van der Waals surface area contributed by atoms with E-state index >= 15 is 0 Å². The Bertz CT molecular complexity index is 1840. The van der Waals surface area contributed by atoms with Crippen LogP contribution in [-0.4, -0.2) is 67.6 Å². The van der Waals surface area contributed by atoms with Gasteiger partial charge in [-0.3, -0.25) is 19.0 Å². The van der Waals surface area contributed by atoms with E-state index in [1.807, 2.05) is 30.3 Å². The number of aromatic nitrogens is 1. The first-order valence-electron chi connectivity index (χ1n) is 15.3. The Hall–Kier alpha value is -5.26. The highest BCUT2D eigenvalue weighted by atomic mass is 16.5. The number of ether oxygens (including phenoxy) is 3. The summed E-state index contributed by atoms with van der Waals surface area (Å²) in [5.74, 6) is 0.358. The van der Waals surface area contributed by atoms with Gasteiger partial charge in [-0.25, -0.2) is 4.79 Å². The molecule has 0 fully saturated rings. The van der Waals surface area contributed by atoms with Crippen molar-refractivity contribution < 1.29 is 33.0 Å². The molecule has 0 saturated heterocycles. The molecule has 4 bridgehead atoms. The molecule has 6 rings (SSSR count). The van der Waals surface area contributed by atoms with Gasteiger partial charge in [0.1, 0.15) is 12.3 Å². The van der Waals surface area contributed by atoms with Gasteiger partial charge in [-0.1, -0.05) is 18.2 Å². The molecule has 3 heterocycles. The van der Waals surface area contributed by atoms with Crippen molar-refractivity contribution in [1.82, 2.24) is 20.1 Å². The number of hydrogen-bond acceptors (Lipinski definition) is 8. The molecular formula is C34H36N4O8. The minimum absolute atomic E-state index is 0.0279. The van der Waals surface area contributed by atoms with Gasteiger partial charge in [0, 0.05) is 50.0 Å². The average Bonchev–Trinajstić information content (AvgIpc) is 3.38. The Morgan fingerprint density at radius 1 is 0.957 bits per heavy atom. The van der Waals surface area contributed by atoms with Crippen LogP contribution in [0.15, 0.2) is 63.8 Å². The fourth-order valence-corrected chi connectivity index (χ4v) is 6.03. The third-order valence-electron chi connectivity index (χ3n) is 8.41. The van der Waals surface area contributed by atoms with Crippen molar-refractivity contribution in [1.29, 1.82) is 0 Å². The standard InChI is InChI=1S/C34H36N4O8/c1-43-29-18-21-7-10-30(39)35-13-15-37(32(41)20-38-26-5-3-4-6-28(26)46-34(38)42)14-11-31(40)36-25-12-16-45-27-9-8-22(19-24(25)27)23(17-21)33(29)44-2/h3-6,8-9,17-19,25H,7,10-16,20H2,1-2H3,(H,35,39)(H,36,40). The van der Waals surface area contributed by atoms with Crippen LogP contribution in [0.2, 0.25) is 0 Å². The molecule has 46 heavy (non-hydrogen) atoms. The van der Waals surface area contributed by atoms with E-state index in [9.17, 15) is 19.2 Å². The van der Waals surface area contributed by atoms with E-state index in [1.54, 1.807) is 38.5 Å². The highest BCUT2D eigenvalue weighted by molar-refractivity contribution is 5.82. The lowest BCUT2D eigenvalue weighted by molar-refractivity contribution is -0.133. The average molecular weight is 629 g/mol. The molecular weight excluding hydrogens is 592 g/mol. The van der Waals surface area contributed by atoms with Gasteiger partial charge in [0.15, 0.2) is 17.1 Å². The number of para-hydroxylation sites is 2. The van der Waals surface area contributed by atoms with Crippen LogP contribution in [0.1, 0.15) is 36.4 Å². The molecule has 4 aromatic rings. The van der Waals surface area contributed by atoms with Gasteiger partial charge in [-0.2, -0.15) is 0 Å². The number of nitrogens with zero attached hydrogens (tertiary/aromatic N) is 2. The van der Waals surface area contributed by atoms with Crippen LogP contribution in [0.5, 0.6) is 17.2 Å². The lowest BCUT2D eigenvalue weighted by Gasteiger charge is -2.28. The Morgan fingerprint density at radius 3 is 2.63 bits per heavy atom. The van der Waals surface area contributed by atoms with Crippen LogP contribution in [0.4, 0.5) is 0 Å². The molecule has 3 aromatic carbocycles. The van der Waals surface area contributed by atoms with Gasteiger partial charge < -0.3 is 34.2 Å². The van der Waals surface area contributed by atoms with Gasteiger partial charge in [0.05, 0.1) is 32.4 Å². The molecule has 0 radical (unpaired) electrons. The number of rotatable bonds is 4. The molecule has 1 aromatic heterocycles. The quantitative estimate of drug-likeness (QED) is 0.351. The van der Waals surface area contributed by atoms with Crippen LogP contribution in [0.25, 0.3) is 22.2 Å². The summed E-state index contributed by atoms with van der Waals surface area (Å²) in [6, 6.07) is 16.2. The maximum atomic E-state index is 13.5. The van der Waals surface area contributed by atoms with Crippen LogP contribution >= 0.6 is 0 Å². The summed E-state index contributed by atoms with van der Waals surface area (Å²) in [7, 11) is 3.16. The molecule has 240 valence electrons. The summed E-state index contributed by atoms with van der Waals surface area (Å²) < 4.78 is 23.9. The monoisotopic (exact) mass is 628 g/mol. The molecule has 3 amide bonds. The van der Waals surface area contributed by atoms with Gasteiger partial charge in [0.2, 0.25) is 17.7 Å². The van der Waals surface area contributed by atoms with E-state index in [0.29, 0.717) is 47.8 Å². The molecule has 0 saturated carbocycles. The topological polar surface area (TPSA) is 141 Å². The Morgan fingerprint density at radius 2 is 1.80 bits per heavy atom. The Kier molecular flexibility index (Phi) is 8.95. The van der Waals surface area contributed by atoms with E-state index in [4.69, 9.17) is 18.6 Å². The lowest BCUT2D eigenvalue weighted by Crippen LogP contribution is -2.43. The molecule has 2 aliphatic rings. The maximum absolute atomic E-state index is 13.5. The molecule has 2 aliphatic heterocycles. The first-order chi connectivity index (χ1) is 22.3. The van der Waals surface area contributed by atoms with Crippen molar-refractivity contribution in [3.63, 3.8) is 0 Å². The van der Waals surface area contributed by atoms with Crippen LogP contribution < -0.4 is 30.6 Å². The Balaban J connectivity index is 1.29. The molecule has 1 atom stereocenters.